The van der Waals surface area contributed by atoms with Crippen molar-refractivity contribution < 1.29 is 4.79 Å². The van der Waals surface area contributed by atoms with E-state index in [-0.39, 0.29) is 5.91 Å². The molecule has 102 valence electrons. The Balaban J connectivity index is 2.87. The number of halogens is 2. The molecule has 1 aromatic heterocycles. The highest BCUT2D eigenvalue weighted by atomic mass is 79.9. The molecule has 0 bridgehead atoms. The second-order valence-corrected chi connectivity index (χ2v) is 7.57. The summed E-state index contributed by atoms with van der Waals surface area (Å²) >= 11 is 8.36. The van der Waals surface area contributed by atoms with Crippen LogP contribution < -0.4 is 0 Å². The molecule has 1 rings (SSSR count). The molecule has 0 saturated carbocycles. The van der Waals surface area contributed by atoms with Crippen LogP contribution in [0.4, 0.5) is 0 Å². The molecule has 0 fully saturated rings. The van der Waals surface area contributed by atoms with E-state index >= 15 is 0 Å². The Labute approximate surface area is 130 Å². The zero-order valence-electron chi connectivity index (χ0n) is 11.0. The normalized spacial score (nSPS) is 12.5. The van der Waals surface area contributed by atoms with Crippen molar-refractivity contribution in [3.05, 3.63) is 19.2 Å². The largest absolute Gasteiger partial charge is 0.335 e. The van der Waals surface area contributed by atoms with Gasteiger partial charge in [-0.3, -0.25) is 4.79 Å². The van der Waals surface area contributed by atoms with E-state index in [1.807, 2.05) is 11.0 Å². The number of nitrogens with zero attached hydrogens (tertiary/aromatic N) is 1. The minimum atomic E-state index is 0.147. The quantitative estimate of drug-likeness (QED) is 0.637. The SMILES string of the molecule is CCCCN(C(=O)c1cc(Br)c(Br)s1)C(C)CC. The fraction of sp³-hybridized carbons (Fsp3) is 0.615. The highest BCUT2D eigenvalue weighted by Crippen LogP contribution is 2.33. The predicted octanol–water partition coefficient (Wildman–Crippen LogP) is 5.31. The average Bonchev–Trinajstić information content (AvgIpc) is 2.69. The first-order valence-electron chi connectivity index (χ1n) is 6.27. The summed E-state index contributed by atoms with van der Waals surface area (Å²) in [5.74, 6) is 0.147. The summed E-state index contributed by atoms with van der Waals surface area (Å²) in [7, 11) is 0. The average molecular weight is 397 g/mol. The first-order valence-corrected chi connectivity index (χ1v) is 8.67. The molecule has 0 aliphatic carbocycles. The highest BCUT2D eigenvalue weighted by Gasteiger charge is 2.22. The molecule has 1 heterocycles. The van der Waals surface area contributed by atoms with Gasteiger partial charge < -0.3 is 4.90 Å². The summed E-state index contributed by atoms with van der Waals surface area (Å²) in [6.07, 6.45) is 3.16. The lowest BCUT2D eigenvalue weighted by Crippen LogP contribution is -2.38. The van der Waals surface area contributed by atoms with E-state index in [9.17, 15) is 4.79 Å². The van der Waals surface area contributed by atoms with Gasteiger partial charge in [-0.2, -0.15) is 0 Å². The molecule has 1 unspecified atom stereocenters. The van der Waals surface area contributed by atoms with E-state index in [4.69, 9.17) is 0 Å². The molecular formula is C13H19Br2NOS. The number of unbranched alkanes of at least 4 members (excludes halogenated alkanes) is 1. The van der Waals surface area contributed by atoms with Crippen molar-refractivity contribution in [3.63, 3.8) is 0 Å². The van der Waals surface area contributed by atoms with Crippen LogP contribution in [0.15, 0.2) is 14.3 Å². The molecule has 5 heteroatoms. The van der Waals surface area contributed by atoms with Gasteiger partial charge in [-0.25, -0.2) is 0 Å². The van der Waals surface area contributed by atoms with Gasteiger partial charge in [-0.1, -0.05) is 20.3 Å². The van der Waals surface area contributed by atoms with Crippen molar-refractivity contribution in [2.24, 2.45) is 0 Å². The van der Waals surface area contributed by atoms with Crippen LogP contribution in [0.5, 0.6) is 0 Å². The van der Waals surface area contributed by atoms with Crippen LogP contribution in [-0.2, 0) is 0 Å². The van der Waals surface area contributed by atoms with Crippen molar-refractivity contribution in [3.8, 4) is 0 Å². The Hall–Kier alpha value is 0.130. The monoisotopic (exact) mass is 395 g/mol. The van der Waals surface area contributed by atoms with E-state index in [0.29, 0.717) is 6.04 Å². The zero-order valence-corrected chi connectivity index (χ0v) is 15.0. The summed E-state index contributed by atoms with van der Waals surface area (Å²) in [5.41, 5.74) is 0. The summed E-state index contributed by atoms with van der Waals surface area (Å²) < 4.78 is 1.93. The molecule has 1 atom stereocenters. The summed E-state index contributed by atoms with van der Waals surface area (Å²) in [6, 6.07) is 2.20. The van der Waals surface area contributed by atoms with Gasteiger partial charge in [0.1, 0.15) is 0 Å². The number of hydrogen-bond acceptors (Lipinski definition) is 2. The van der Waals surface area contributed by atoms with E-state index in [1.165, 1.54) is 11.3 Å². The van der Waals surface area contributed by atoms with Gasteiger partial charge in [0.2, 0.25) is 0 Å². The first-order chi connectivity index (χ1) is 8.51. The Kier molecular flexibility index (Phi) is 6.88. The number of amides is 1. The standard InChI is InChI=1S/C13H19Br2NOS/c1-4-6-7-16(9(3)5-2)13(17)11-8-10(14)12(15)18-11/h8-9H,4-7H2,1-3H3. The van der Waals surface area contributed by atoms with E-state index in [0.717, 1.165) is 38.9 Å². The topological polar surface area (TPSA) is 20.3 Å². The van der Waals surface area contributed by atoms with Crippen LogP contribution in [-0.4, -0.2) is 23.4 Å². The van der Waals surface area contributed by atoms with Crippen LogP contribution in [0, 0.1) is 0 Å². The lowest BCUT2D eigenvalue weighted by Gasteiger charge is -2.28. The Morgan fingerprint density at radius 1 is 1.44 bits per heavy atom. The van der Waals surface area contributed by atoms with Crippen molar-refractivity contribution in [2.75, 3.05) is 6.54 Å². The molecule has 0 N–H and O–H groups in total. The van der Waals surface area contributed by atoms with Gasteiger partial charge >= 0.3 is 0 Å². The van der Waals surface area contributed by atoms with E-state index in [1.54, 1.807) is 0 Å². The molecule has 1 aromatic rings. The molecule has 1 amide bonds. The van der Waals surface area contributed by atoms with Crippen LogP contribution in [0.3, 0.4) is 0 Å². The number of carbonyl (C=O) groups excluding carboxylic acids is 1. The molecule has 0 spiro atoms. The number of carbonyl (C=O) groups is 1. The van der Waals surface area contributed by atoms with Gasteiger partial charge in [0.25, 0.3) is 5.91 Å². The third kappa shape index (κ3) is 4.07. The molecule has 2 nitrogen and oxygen atoms in total. The molecule has 0 saturated heterocycles. The minimum absolute atomic E-state index is 0.147. The van der Waals surface area contributed by atoms with Crippen LogP contribution >= 0.6 is 43.2 Å². The van der Waals surface area contributed by atoms with E-state index in [2.05, 4.69) is 52.6 Å². The number of hydrogen-bond donors (Lipinski definition) is 0. The smallest absolute Gasteiger partial charge is 0.264 e. The second-order valence-electron chi connectivity index (χ2n) is 4.34. The third-order valence-electron chi connectivity index (χ3n) is 2.99. The van der Waals surface area contributed by atoms with Crippen molar-refractivity contribution in [2.45, 2.75) is 46.1 Å². The number of rotatable bonds is 6. The highest BCUT2D eigenvalue weighted by molar-refractivity contribution is 9.13. The van der Waals surface area contributed by atoms with Crippen LogP contribution in [0.25, 0.3) is 0 Å². The van der Waals surface area contributed by atoms with Gasteiger partial charge in [0, 0.05) is 17.1 Å². The molecule has 18 heavy (non-hydrogen) atoms. The van der Waals surface area contributed by atoms with Crippen molar-refractivity contribution in [1.29, 1.82) is 0 Å². The third-order valence-corrected chi connectivity index (χ3v) is 6.24. The van der Waals surface area contributed by atoms with Gasteiger partial charge in [-0.15, -0.1) is 11.3 Å². The Morgan fingerprint density at radius 2 is 2.11 bits per heavy atom. The summed E-state index contributed by atoms with van der Waals surface area (Å²) in [6.45, 7) is 7.23. The maximum atomic E-state index is 12.5. The Morgan fingerprint density at radius 3 is 2.56 bits per heavy atom. The maximum absolute atomic E-state index is 12.5. The predicted molar refractivity (Wildman–Crippen MR) is 85.4 cm³/mol. The van der Waals surface area contributed by atoms with Crippen LogP contribution in [0.2, 0.25) is 0 Å². The lowest BCUT2D eigenvalue weighted by atomic mass is 10.2. The molecular weight excluding hydrogens is 378 g/mol. The Bertz CT molecular complexity index is 386. The lowest BCUT2D eigenvalue weighted by molar-refractivity contribution is 0.0690. The zero-order chi connectivity index (χ0) is 13.7. The fourth-order valence-corrected chi connectivity index (χ4v) is 3.66. The first kappa shape index (κ1) is 16.2. The van der Waals surface area contributed by atoms with Crippen molar-refractivity contribution in [1.82, 2.24) is 4.90 Å². The van der Waals surface area contributed by atoms with Crippen molar-refractivity contribution >= 4 is 49.1 Å². The maximum Gasteiger partial charge on any atom is 0.264 e. The molecule has 0 aromatic carbocycles. The molecule has 0 aliphatic rings. The van der Waals surface area contributed by atoms with Crippen LogP contribution in [0.1, 0.15) is 49.7 Å². The van der Waals surface area contributed by atoms with Gasteiger partial charge in [-0.05, 0) is 57.7 Å². The van der Waals surface area contributed by atoms with Gasteiger partial charge in [0.15, 0.2) is 0 Å². The molecule has 0 aliphatic heterocycles. The second kappa shape index (κ2) is 7.65. The summed E-state index contributed by atoms with van der Waals surface area (Å²) in [4.78, 5) is 15.3. The van der Waals surface area contributed by atoms with Gasteiger partial charge in [0.05, 0.1) is 8.66 Å². The summed E-state index contributed by atoms with van der Waals surface area (Å²) in [5, 5.41) is 0. The number of thiophene rings is 1. The minimum Gasteiger partial charge on any atom is -0.335 e. The molecule has 0 radical (unpaired) electrons. The van der Waals surface area contributed by atoms with E-state index < -0.39 is 0 Å². The fourth-order valence-electron chi connectivity index (χ4n) is 1.66.